The Kier molecular flexibility index (Phi) is 5.07. The van der Waals surface area contributed by atoms with Crippen molar-refractivity contribution in [3.63, 3.8) is 0 Å². The predicted octanol–water partition coefficient (Wildman–Crippen LogP) is 3.34. The number of fused-ring (bicyclic) bond motifs is 1. The number of nitro groups is 2. The molecule has 2 aromatic rings. The topological polar surface area (TPSA) is 150 Å². The summed E-state index contributed by atoms with van der Waals surface area (Å²) < 4.78 is 10.3. The Balaban J connectivity index is 1.97. The molecule has 1 heterocycles. The van der Waals surface area contributed by atoms with Gasteiger partial charge in [0.1, 0.15) is 11.4 Å². The summed E-state index contributed by atoms with van der Waals surface area (Å²) in [6.45, 7) is 1.71. The van der Waals surface area contributed by atoms with Gasteiger partial charge in [0.05, 0.1) is 28.7 Å². The monoisotopic (exact) mass is 388 g/mol. The van der Waals surface area contributed by atoms with Gasteiger partial charge in [-0.3, -0.25) is 25.7 Å². The number of ether oxygens (including phenoxy) is 1. The van der Waals surface area contributed by atoms with Crippen molar-refractivity contribution in [3.05, 3.63) is 61.1 Å². The van der Waals surface area contributed by atoms with Crippen molar-refractivity contribution in [1.29, 1.82) is 0 Å². The van der Waals surface area contributed by atoms with E-state index in [4.69, 9.17) is 9.15 Å². The zero-order chi connectivity index (χ0) is 20.4. The standard InChI is InChI=1S/C17H16N4O7/c1-9-15-12(4-3-5-14(15)28-16(9)17(22)27-2)19-18-11-7-6-10(20(23)24)8-13(11)21(25)26/h6-8,18H,3-5H2,1-2H3/b19-12+. The molecule has 0 bridgehead atoms. The van der Waals surface area contributed by atoms with Gasteiger partial charge in [0.25, 0.3) is 5.69 Å². The molecule has 3 rings (SSSR count). The molecule has 0 radical (unpaired) electrons. The van der Waals surface area contributed by atoms with Crippen LogP contribution in [0.1, 0.15) is 40.3 Å². The molecule has 0 amide bonds. The number of hydrazone groups is 1. The zero-order valence-electron chi connectivity index (χ0n) is 15.1. The number of anilines is 1. The van der Waals surface area contributed by atoms with E-state index in [9.17, 15) is 25.0 Å². The number of furan rings is 1. The van der Waals surface area contributed by atoms with Crippen LogP contribution in [0, 0.1) is 27.2 Å². The summed E-state index contributed by atoms with van der Waals surface area (Å²) >= 11 is 0. The summed E-state index contributed by atoms with van der Waals surface area (Å²) in [4.78, 5) is 32.5. The first-order valence-corrected chi connectivity index (χ1v) is 8.29. The normalized spacial score (nSPS) is 14.4. The first kappa shape index (κ1) is 19.0. The highest BCUT2D eigenvalue weighted by molar-refractivity contribution is 6.06. The number of hydrogen-bond acceptors (Lipinski definition) is 9. The van der Waals surface area contributed by atoms with E-state index < -0.39 is 27.2 Å². The number of hydrogen-bond donors (Lipinski definition) is 1. The van der Waals surface area contributed by atoms with Gasteiger partial charge in [0.15, 0.2) is 0 Å². The molecule has 0 aliphatic heterocycles. The van der Waals surface area contributed by atoms with Gasteiger partial charge in [-0.1, -0.05) is 0 Å². The minimum atomic E-state index is -0.722. The number of methoxy groups -OCH3 is 1. The summed E-state index contributed by atoms with van der Waals surface area (Å²) in [6.07, 6.45) is 1.93. The molecule has 1 N–H and O–H groups in total. The van der Waals surface area contributed by atoms with Crippen molar-refractivity contribution < 1.29 is 23.8 Å². The maximum atomic E-state index is 11.8. The van der Waals surface area contributed by atoms with E-state index in [1.54, 1.807) is 6.92 Å². The summed E-state index contributed by atoms with van der Waals surface area (Å²) in [6, 6.07) is 3.25. The van der Waals surface area contributed by atoms with E-state index >= 15 is 0 Å². The second-order valence-corrected chi connectivity index (χ2v) is 6.09. The molecule has 1 aromatic carbocycles. The molecule has 1 aliphatic rings. The van der Waals surface area contributed by atoms with E-state index in [-0.39, 0.29) is 11.4 Å². The third kappa shape index (κ3) is 3.41. The Labute approximate surface area is 158 Å². The first-order chi connectivity index (χ1) is 13.3. The lowest BCUT2D eigenvalue weighted by Crippen LogP contribution is -2.13. The van der Waals surface area contributed by atoms with Gasteiger partial charge < -0.3 is 9.15 Å². The van der Waals surface area contributed by atoms with Gasteiger partial charge in [-0.25, -0.2) is 4.79 Å². The number of nitrogens with zero attached hydrogens (tertiary/aromatic N) is 3. The number of aryl methyl sites for hydroxylation is 1. The zero-order valence-corrected chi connectivity index (χ0v) is 15.1. The second-order valence-electron chi connectivity index (χ2n) is 6.09. The van der Waals surface area contributed by atoms with Gasteiger partial charge >= 0.3 is 11.7 Å². The van der Waals surface area contributed by atoms with Crippen LogP contribution in [-0.4, -0.2) is 28.6 Å². The maximum absolute atomic E-state index is 11.8. The van der Waals surface area contributed by atoms with Crippen LogP contribution in [0.5, 0.6) is 0 Å². The van der Waals surface area contributed by atoms with Gasteiger partial charge in [-0.05, 0) is 25.8 Å². The molecule has 0 unspecified atom stereocenters. The van der Waals surface area contributed by atoms with Gasteiger partial charge in [0, 0.05) is 23.6 Å². The first-order valence-electron chi connectivity index (χ1n) is 8.29. The Morgan fingerprint density at radius 3 is 2.64 bits per heavy atom. The fourth-order valence-corrected chi connectivity index (χ4v) is 3.07. The quantitative estimate of drug-likeness (QED) is 0.465. The Hall–Kier alpha value is -3.76. The van der Waals surface area contributed by atoms with Gasteiger partial charge in [-0.2, -0.15) is 5.10 Å². The molecule has 11 nitrogen and oxygen atoms in total. The van der Waals surface area contributed by atoms with Crippen LogP contribution < -0.4 is 5.43 Å². The number of nitrogens with one attached hydrogen (secondary N) is 1. The highest BCUT2D eigenvalue weighted by Crippen LogP contribution is 2.32. The summed E-state index contributed by atoms with van der Waals surface area (Å²) in [5.74, 6) is 0.108. The molecule has 0 fully saturated rings. The van der Waals surface area contributed by atoms with E-state index in [1.807, 2.05) is 0 Å². The predicted molar refractivity (Wildman–Crippen MR) is 97.6 cm³/mol. The van der Waals surface area contributed by atoms with Crippen LogP contribution in [0.4, 0.5) is 17.1 Å². The molecule has 1 aromatic heterocycles. The second kappa shape index (κ2) is 7.47. The van der Waals surface area contributed by atoms with Gasteiger partial charge in [-0.15, -0.1) is 0 Å². The van der Waals surface area contributed by atoms with Crippen molar-refractivity contribution in [2.75, 3.05) is 12.5 Å². The third-order valence-corrected chi connectivity index (χ3v) is 4.40. The van der Waals surface area contributed by atoms with Crippen molar-refractivity contribution in [2.24, 2.45) is 5.10 Å². The minimum Gasteiger partial charge on any atom is -0.463 e. The molecule has 0 saturated heterocycles. The van der Waals surface area contributed by atoms with Crippen LogP contribution in [0.25, 0.3) is 0 Å². The van der Waals surface area contributed by atoms with E-state index in [0.29, 0.717) is 35.4 Å². The Morgan fingerprint density at radius 1 is 1.25 bits per heavy atom. The molecule has 0 spiro atoms. The van der Waals surface area contributed by atoms with Crippen LogP contribution >= 0.6 is 0 Å². The molecule has 0 saturated carbocycles. The summed E-state index contributed by atoms with van der Waals surface area (Å²) in [5, 5.41) is 26.3. The number of carbonyl (C=O) groups excluding carboxylic acids is 1. The number of esters is 1. The van der Waals surface area contributed by atoms with Crippen LogP contribution in [0.2, 0.25) is 0 Å². The summed E-state index contributed by atoms with van der Waals surface area (Å²) in [5.41, 5.74) is 3.61. The maximum Gasteiger partial charge on any atom is 0.374 e. The van der Waals surface area contributed by atoms with Crippen LogP contribution in [0.3, 0.4) is 0 Å². The number of carbonyl (C=O) groups is 1. The highest BCUT2D eigenvalue weighted by atomic mass is 16.6. The lowest BCUT2D eigenvalue weighted by Gasteiger charge is -2.13. The smallest absolute Gasteiger partial charge is 0.374 e. The largest absolute Gasteiger partial charge is 0.463 e. The van der Waals surface area contributed by atoms with Crippen molar-refractivity contribution in [3.8, 4) is 0 Å². The molecule has 28 heavy (non-hydrogen) atoms. The average molecular weight is 388 g/mol. The SMILES string of the molecule is COC(=O)c1oc2c(c1C)/C(=N/Nc1ccc([N+](=O)[O-])cc1[N+](=O)[O-])CCC2. The minimum absolute atomic E-state index is 0.0181. The molecule has 11 heteroatoms. The molecular formula is C17H16N4O7. The lowest BCUT2D eigenvalue weighted by atomic mass is 9.93. The fraction of sp³-hybridized carbons (Fsp3) is 0.294. The number of non-ortho nitro benzene ring substituents is 1. The van der Waals surface area contributed by atoms with Crippen molar-refractivity contribution in [2.45, 2.75) is 26.2 Å². The Bertz CT molecular complexity index is 1010. The third-order valence-electron chi connectivity index (χ3n) is 4.40. The van der Waals surface area contributed by atoms with Crippen molar-refractivity contribution >= 4 is 28.7 Å². The number of benzene rings is 1. The molecule has 1 aliphatic carbocycles. The van der Waals surface area contributed by atoms with Crippen LogP contribution in [0.15, 0.2) is 27.7 Å². The van der Waals surface area contributed by atoms with Crippen molar-refractivity contribution in [1.82, 2.24) is 0 Å². The van der Waals surface area contributed by atoms with Gasteiger partial charge in [0.2, 0.25) is 5.76 Å². The molecule has 146 valence electrons. The molecule has 0 atom stereocenters. The number of rotatable bonds is 5. The average Bonchev–Trinajstić information content (AvgIpc) is 3.02. The fourth-order valence-electron chi connectivity index (χ4n) is 3.07. The lowest BCUT2D eigenvalue weighted by molar-refractivity contribution is -0.393. The van der Waals surface area contributed by atoms with Crippen LogP contribution in [-0.2, 0) is 11.2 Å². The van der Waals surface area contributed by atoms with E-state index in [1.165, 1.54) is 13.2 Å². The van der Waals surface area contributed by atoms with E-state index in [0.717, 1.165) is 18.6 Å². The highest BCUT2D eigenvalue weighted by Gasteiger charge is 2.28. The molecular weight excluding hydrogens is 372 g/mol. The Morgan fingerprint density at radius 2 is 2.00 bits per heavy atom. The van der Waals surface area contributed by atoms with E-state index in [2.05, 4.69) is 10.5 Å². The number of nitro benzene ring substituents is 2. The summed E-state index contributed by atoms with van der Waals surface area (Å²) in [7, 11) is 1.26.